The second kappa shape index (κ2) is 6.51. The van der Waals surface area contributed by atoms with Gasteiger partial charge in [-0.15, -0.1) is 0 Å². The number of hydrogen-bond donors (Lipinski definition) is 2. The Morgan fingerprint density at radius 1 is 1.12 bits per heavy atom. The van der Waals surface area contributed by atoms with Gasteiger partial charge in [0.25, 0.3) is 0 Å². The molecule has 0 heterocycles. The van der Waals surface area contributed by atoms with E-state index in [-0.39, 0.29) is 11.9 Å². The van der Waals surface area contributed by atoms with Gasteiger partial charge >= 0.3 is 5.97 Å². The molecule has 4 nitrogen and oxygen atoms in total. The number of aliphatic carboxylic acids is 1. The van der Waals surface area contributed by atoms with Gasteiger partial charge in [-0.25, -0.2) is 0 Å². The Hall–Kier alpha value is -1.06. The van der Waals surface area contributed by atoms with Crippen molar-refractivity contribution < 1.29 is 14.7 Å². The number of hydrogen-bond acceptors (Lipinski definition) is 2. The monoisotopic (exact) mass is 229 g/mol. The summed E-state index contributed by atoms with van der Waals surface area (Å²) < 4.78 is 0. The number of nitrogens with one attached hydrogen (secondary N) is 1. The van der Waals surface area contributed by atoms with Crippen LogP contribution in [-0.2, 0) is 9.59 Å². The van der Waals surface area contributed by atoms with Crippen molar-refractivity contribution in [1.29, 1.82) is 0 Å². The van der Waals surface area contributed by atoms with Crippen molar-refractivity contribution in [2.24, 2.45) is 17.8 Å². The first kappa shape index (κ1) is 14.9. The minimum absolute atomic E-state index is 0.0678. The standard InChI is InChI=1S/C12H23NO3/c1-7(2)8(3)6-11(14)13-10(5)9(4)12(15)16/h7-10H,6H2,1-5H3,(H,13,14)(H,15,16). The van der Waals surface area contributed by atoms with E-state index in [9.17, 15) is 9.59 Å². The van der Waals surface area contributed by atoms with E-state index in [0.717, 1.165) is 0 Å². The molecule has 0 aromatic carbocycles. The van der Waals surface area contributed by atoms with Crippen molar-refractivity contribution in [2.75, 3.05) is 0 Å². The van der Waals surface area contributed by atoms with Gasteiger partial charge in [-0.1, -0.05) is 20.8 Å². The summed E-state index contributed by atoms with van der Waals surface area (Å²) in [4.78, 5) is 22.3. The molecule has 0 saturated heterocycles. The number of amides is 1. The second-order valence-electron chi connectivity index (χ2n) is 4.91. The summed E-state index contributed by atoms with van der Waals surface area (Å²) in [5.41, 5.74) is 0. The van der Waals surface area contributed by atoms with Gasteiger partial charge in [0.15, 0.2) is 0 Å². The summed E-state index contributed by atoms with van der Waals surface area (Å²) in [5.74, 6) is -0.741. The summed E-state index contributed by atoms with van der Waals surface area (Å²) in [6, 6.07) is -0.329. The van der Waals surface area contributed by atoms with Crippen molar-refractivity contribution in [2.45, 2.75) is 47.1 Å². The number of rotatable bonds is 6. The molecular weight excluding hydrogens is 206 g/mol. The SMILES string of the molecule is CC(C)C(C)CC(=O)NC(C)C(C)C(=O)O. The highest BCUT2D eigenvalue weighted by Crippen LogP contribution is 2.14. The van der Waals surface area contributed by atoms with Gasteiger partial charge in [-0.05, 0) is 25.7 Å². The Kier molecular flexibility index (Phi) is 6.08. The smallest absolute Gasteiger partial charge is 0.308 e. The zero-order chi connectivity index (χ0) is 12.9. The van der Waals surface area contributed by atoms with Crippen LogP contribution in [0.5, 0.6) is 0 Å². The van der Waals surface area contributed by atoms with Gasteiger partial charge in [0.2, 0.25) is 5.91 Å². The first-order chi connectivity index (χ1) is 7.25. The molecule has 0 saturated carbocycles. The molecular formula is C12H23NO3. The predicted octanol–water partition coefficient (Wildman–Crippen LogP) is 1.89. The lowest BCUT2D eigenvalue weighted by Crippen LogP contribution is -2.40. The molecule has 0 aromatic rings. The van der Waals surface area contributed by atoms with E-state index in [1.165, 1.54) is 0 Å². The lowest BCUT2D eigenvalue weighted by atomic mass is 9.94. The van der Waals surface area contributed by atoms with Crippen LogP contribution in [0, 0.1) is 17.8 Å². The Balaban J connectivity index is 4.10. The highest BCUT2D eigenvalue weighted by Gasteiger charge is 2.21. The highest BCUT2D eigenvalue weighted by molar-refractivity contribution is 5.78. The molecule has 1 amide bonds. The Morgan fingerprint density at radius 3 is 2.00 bits per heavy atom. The largest absolute Gasteiger partial charge is 0.481 e. The van der Waals surface area contributed by atoms with E-state index in [1.807, 2.05) is 6.92 Å². The van der Waals surface area contributed by atoms with Crippen LogP contribution in [0.25, 0.3) is 0 Å². The first-order valence-electron chi connectivity index (χ1n) is 5.77. The van der Waals surface area contributed by atoms with Crippen LogP contribution in [0.4, 0.5) is 0 Å². The van der Waals surface area contributed by atoms with E-state index < -0.39 is 11.9 Å². The number of carbonyl (C=O) groups excluding carboxylic acids is 1. The molecule has 4 heteroatoms. The fraction of sp³-hybridized carbons (Fsp3) is 0.833. The molecule has 16 heavy (non-hydrogen) atoms. The Bertz CT molecular complexity index is 251. The summed E-state index contributed by atoms with van der Waals surface area (Å²) in [5, 5.41) is 11.5. The van der Waals surface area contributed by atoms with Crippen molar-refractivity contribution in [1.82, 2.24) is 5.32 Å². The molecule has 0 aliphatic carbocycles. The molecule has 0 aromatic heterocycles. The van der Waals surface area contributed by atoms with Crippen molar-refractivity contribution in [3.63, 3.8) is 0 Å². The lowest BCUT2D eigenvalue weighted by Gasteiger charge is -2.20. The lowest BCUT2D eigenvalue weighted by molar-refractivity contribution is -0.142. The Labute approximate surface area is 97.4 Å². The van der Waals surface area contributed by atoms with E-state index in [1.54, 1.807) is 13.8 Å². The summed E-state index contributed by atoms with van der Waals surface area (Å²) in [6.45, 7) is 9.48. The average molecular weight is 229 g/mol. The van der Waals surface area contributed by atoms with Crippen molar-refractivity contribution in [3.8, 4) is 0 Å². The summed E-state index contributed by atoms with van der Waals surface area (Å²) in [6.07, 6.45) is 0.453. The van der Waals surface area contributed by atoms with Crippen LogP contribution in [0.2, 0.25) is 0 Å². The van der Waals surface area contributed by atoms with Crippen LogP contribution in [0.3, 0.4) is 0 Å². The summed E-state index contributed by atoms with van der Waals surface area (Å²) in [7, 11) is 0. The first-order valence-corrected chi connectivity index (χ1v) is 5.77. The molecule has 3 atom stereocenters. The van der Waals surface area contributed by atoms with E-state index in [4.69, 9.17) is 5.11 Å². The van der Waals surface area contributed by atoms with Crippen LogP contribution >= 0.6 is 0 Å². The maximum atomic E-state index is 11.6. The van der Waals surface area contributed by atoms with Gasteiger partial charge in [0, 0.05) is 12.5 Å². The predicted molar refractivity (Wildman–Crippen MR) is 63.0 cm³/mol. The van der Waals surface area contributed by atoms with Crippen LogP contribution in [-0.4, -0.2) is 23.0 Å². The maximum absolute atomic E-state index is 11.6. The van der Waals surface area contributed by atoms with E-state index >= 15 is 0 Å². The van der Waals surface area contributed by atoms with Crippen molar-refractivity contribution >= 4 is 11.9 Å². The molecule has 0 spiro atoms. The van der Waals surface area contributed by atoms with Gasteiger partial charge in [0.05, 0.1) is 5.92 Å². The number of carboxylic acids is 1. The second-order valence-corrected chi connectivity index (χ2v) is 4.91. The van der Waals surface area contributed by atoms with Gasteiger partial charge < -0.3 is 10.4 Å². The zero-order valence-electron chi connectivity index (χ0n) is 10.8. The average Bonchev–Trinajstić information content (AvgIpc) is 2.15. The number of carboxylic acid groups (broad SMARTS) is 1. The fourth-order valence-electron chi connectivity index (χ4n) is 1.18. The van der Waals surface area contributed by atoms with Crippen molar-refractivity contribution in [3.05, 3.63) is 0 Å². The van der Waals surface area contributed by atoms with Crippen LogP contribution in [0.15, 0.2) is 0 Å². The minimum Gasteiger partial charge on any atom is -0.481 e. The van der Waals surface area contributed by atoms with E-state index in [0.29, 0.717) is 18.3 Å². The third-order valence-electron chi connectivity index (χ3n) is 3.17. The molecule has 2 N–H and O–H groups in total. The van der Waals surface area contributed by atoms with E-state index in [2.05, 4.69) is 19.2 Å². The fourth-order valence-corrected chi connectivity index (χ4v) is 1.18. The van der Waals surface area contributed by atoms with Gasteiger partial charge in [0.1, 0.15) is 0 Å². The molecule has 0 rings (SSSR count). The summed E-state index contributed by atoms with van der Waals surface area (Å²) >= 11 is 0. The molecule has 0 radical (unpaired) electrons. The maximum Gasteiger partial charge on any atom is 0.308 e. The highest BCUT2D eigenvalue weighted by atomic mass is 16.4. The molecule has 94 valence electrons. The van der Waals surface area contributed by atoms with Gasteiger partial charge in [-0.3, -0.25) is 9.59 Å². The quantitative estimate of drug-likeness (QED) is 0.731. The molecule has 0 bridgehead atoms. The van der Waals surface area contributed by atoms with Crippen LogP contribution in [0.1, 0.15) is 41.0 Å². The third kappa shape index (κ3) is 5.14. The normalized spacial score (nSPS) is 16.6. The number of carbonyl (C=O) groups is 2. The van der Waals surface area contributed by atoms with Crippen LogP contribution < -0.4 is 5.32 Å². The third-order valence-corrected chi connectivity index (χ3v) is 3.17. The molecule has 0 aliphatic heterocycles. The topological polar surface area (TPSA) is 66.4 Å². The Morgan fingerprint density at radius 2 is 1.62 bits per heavy atom. The molecule has 0 fully saturated rings. The zero-order valence-corrected chi connectivity index (χ0v) is 10.8. The molecule has 0 aliphatic rings. The molecule has 3 unspecified atom stereocenters. The van der Waals surface area contributed by atoms with Gasteiger partial charge in [-0.2, -0.15) is 0 Å². The minimum atomic E-state index is -0.885.